The average molecular weight is 372 g/mol. The first-order valence-electron chi connectivity index (χ1n) is 9.01. The Morgan fingerprint density at radius 1 is 1.23 bits per heavy atom. The maximum atomic E-state index is 12.5. The number of amides is 1. The Balaban J connectivity index is 1.54. The molecular formula is C19H24N4O2S. The van der Waals surface area contributed by atoms with Gasteiger partial charge in [-0.2, -0.15) is 0 Å². The zero-order valence-electron chi connectivity index (χ0n) is 15.2. The second kappa shape index (κ2) is 8.49. The summed E-state index contributed by atoms with van der Waals surface area (Å²) in [5.74, 6) is 2.03. The van der Waals surface area contributed by atoms with Crippen molar-refractivity contribution in [3.8, 4) is 0 Å². The van der Waals surface area contributed by atoms with Gasteiger partial charge in [0.1, 0.15) is 5.82 Å². The lowest BCUT2D eigenvalue weighted by atomic mass is 10.1. The summed E-state index contributed by atoms with van der Waals surface area (Å²) in [5.41, 5.74) is 1.80. The van der Waals surface area contributed by atoms with E-state index in [0.29, 0.717) is 23.8 Å². The topological polar surface area (TPSA) is 76.9 Å². The third-order valence-electron chi connectivity index (χ3n) is 4.40. The molecule has 1 fully saturated rings. The van der Waals surface area contributed by atoms with Crippen LogP contribution < -0.4 is 5.32 Å². The van der Waals surface area contributed by atoms with Crippen LogP contribution in [-0.4, -0.2) is 38.8 Å². The highest BCUT2D eigenvalue weighted by atomic mass is 32.2. The third kappa shape index (κ3) is 4.72. The van der Waals surface area contributed by atoms with E-state index in [-0.39, 0.29) is 11.7 Å². The molecule has 0 saturated heterocycles. The maximum Gasteiger partial charge on any atom is 0.216 e. The van der Waals surface area contributed by atoms with Gasteiger partial charge in [0.15, 0.2) is 10.9 Å². The number of hydrogen-bond acceptors (Lipinski definition) is 5. The molecule has 2 aromatic rings. The molecule has 26 heavy (non-hydrogen) atoms. The highest BCUT2D eigenvalue weighted by Gasteiger charge is 2.30. The smallest absolute Gasteiger partial charge is 0.216 e. The number of ketones is 1. The highest BCUT2D eigenvalue weighted by molar-refractivity contribution is 7.99. The highest BCUT2D eigenvalue weighted by Crippen LogP contribution is 2.40. The van der Waals surface area contributed by atoms with Gasteiger partial charge in [-0.25, -0.2) is 0 Å². The minimum absolute atomic E-state index is 0.0291. The van der Waals surface area contributed by atoms with Crippen molar-refractivity contribution in [1.82, 2.24) is 20.1 Å². The van der Waals surface area contributed by atoms with Crippen LogP contribution in [-0.2, 0) is 17.8 Å². The lowest BCUT2D eigenvalue weighted by molar-refractivity contribution is -0.118. The summed E-state index contributed by atoms with van der Waals surface area (Å²) in [7, 11) is 0. The Morgan fingerprint density at radius 3 is 2.58 bits per heavy atom. The van der Waals surface area contributed by atoms with Gasteiger partial charge in [0.2, 0.25) is 5.91 Å². The lowest BCUT2D eigenvalue weighted by Gasteiger charge is -2.07. The molecule has 1 aliphatic rings. The minimum Gasteiger partial charge on any atom is -0.356 e. The van der Waals surface area contributed by atoms with Gasteiger partial charge in [0.25, 0.3) is 0 Å². The fraction of sp³-hybridized carbons (Fsp3) is 0.474. The molecule has 6 nitrogen and oxygen atoms in total. The average Bonchev–Trinajstić information content (AvgIpc) is 3.39. The van der Waals surface area contributed by atoms with E-state index in [1.807, 2.05) is 24.3 Å². The van der Waals surface area contributed by atoms with Gasteiger partial charge in [-0.15, -0.1) is 10.2 Å². The van der Waals surface area contributed by atoms with E-state index in [4.69, 9.17) is 0 Å². The lowest BCUT2D eigenvalue weighted by Crippen LogP contribution is -2.22. The predicted octanol–water partition coefficient (Wildman–Crippen LogP) is 2.83. The number of aromatic nitrogens is 3. The van der Waals surface area contributed by atoms with E-state index >= 15 is 0 Å². The fourth-order valence-corrected chi connectivity index (χ4v) is 3.71. The summed E-state index contributed by atoms with van der Waals surface area (Å²) in [5, 5.41) is 12.2. The van der Waals surface area contributed by atoms with Gasteiger partial charge in [0.05, 0.1) is 5.75 Å². The number of nitrogens with one attached hydrogen (secondary N) is 1. The molecule has 0 spiro atoms. The number of carbonyl (C=O) groups excluding carboxylic acids is 2. The standard InChI is InChI=1S/C19H24N4O2S/c1-3-23-18(16-8-9-16)21-22-19(23)26-12-17(25)15-6-4-14(5-7-15)10-11-20-13(2)24/h4-7,16H,3,8-12H2,1-2H3,(H,20,24). The van der Waals surface area contributed by atoms with E-state index in [2.05, 4.69) is 27.0 Å². The number of rotatable bonds is 9. The molecule has 1 aromatic heterocycles. The third-order valence-corrected chi connectivity index (χ3v) is 5.37. The van der Waals surface area contributed by atoms with Crippen LogP contribution in [0.4, 0.5) is 0 Å². The second-order valence-corrected chi connectivity index (χ2v) is 7.44. The number of benzene rings is 1. The van der Waals surface area contributed by atoms with Crippen molar-refractivity contribution in [1.29, 1.82) is 0 Å². The Kier molecular flexibility index (Phi) is 6.08. The quantitative estimate of drug-likeness (QED) is 0.541. The molecule has 1 saturated carbocycles. The van der Waals surface area contributed by atoms with Crippen LogP contribution in [0, 0.1) is 0 Å². The molecule has 1 heterocycles. The first-order chi connectivity index (χ1) is 12.6. The number of carbonyl (C=O) groups is 2. The molecule has 0 aliphatic heterocycles. The van der Waals surface area contributed by atoms with Crippen LogP contribution in [0.3, 0.4) is 0 Å². The molecular weight excluding hydrogens is 348 g/mol. The summed E-state index contributed by atoms with van der Waals surface area (Å²) in [6, 6.07) is 7.59. The summed E-state index contributed by atoms with van der Waals surface area (Å²) >= 11 is 1.45. The van der Waals surface area contributed by atoms with Crippen molar-refractivity contribution in [3.63, 3.8) is 0 Å². The van der Waals surface area contributed by atoms with Crippen molar-refractivity contribution in [2.75, 3.05) is 12.3 Å². The van der Waals surface area contributed by atoms with Crippen LogP contribution >= 0.6 is 11.8 Å². The molecule has 3 rings (SSSR count). The largest absolute Gasteiger partial charge is 0.356 e. The molecule has 1 aromatic carbocycles. The van der Waals surface area contributed by atoms with E-state index in [9.17, 15) is 9.59 Å². The van der Waals surface area contributed by atoms with Crippen molar-refractivity contribution >= 4 is 23.5 Å². The van der Waals surface area contributed by atoms with Gasteiger partial charge < -0.3 is 9.88 Å². The Morgan fingerprint density at radius 2 is 1.96 bits per heavy atom. The molecule has 0 bridgehead atoms. The first kappa shape index (κ1) is 18.6. The molecule has 0 unspecified atom stereocenters. The number of nitrogens with zero attached hydrogens (tertiary/aromatic N) is 3. The number of hydrogen-bond donors (Lipinski definition) is 1. The Hall–Kier alpha value is -2.15. The SMILES string of the molecule is CCn1c(SCC(=O)c2ccc(CCNC(C)=O)cc2)nnc1C1CC1. The molecule has 138 valence electrons. The minimum atomic E-state index is -0.0291. The molecule has 7 heteroatoms. The van der Waals surface area contributed by atoms with E-state index in [1.54, 1.807) is 0 Å². The van der Waals surface area contributed by atoms with Crippen molar-refractivity contribution in [2.45, 2.75) is 50.7 Å². The summed E-state index contributed by atoms with van der Waals surface area (Å²) in [4.78, 5) is 23.3. The second-order valence-electron chi connectivity index (χ2n) is 6.50. The number of thioether (sulfide) groups is 1. The molecule has 0 atom stereocenters. The Labute approximate surface area is 157 Å². The van der Waals surface area contributed by atoms with Crippen LogP contribution in [0.15, 0.2) is 29.4 Å². The number of Topliss-reactive ketones (excluding diaryl/α,β-unsaturated/α-hetero) is 1. The fourth-order valence-electron chi connectivity index (χ4n) is 2.80. The summed E-state index contributed by atoms with van der Waals surface area (Å²) in [6.45, 7) is 5.03. The monoisotopic (exact) mass is 372 g/mol. The van der Waals surface area contributed by atoms with Crippen LogP contribution in [0.25, 0.3) is 0 Å². The van der Waals surface area contributed by atoms with Gasteiger partial charge in [-0.3, -0.25) is 9.59 Å². The van der Waals surface area contributed by atoms with Gasteiger partial charge in [0, 0.05) is 31.5 Å². The Bertz CT molecular complexity index is 781. The van der Waals surface area contributed by atoms with Crippen molar-refractivity contribution < 1.29 is 9.59 Å². The van der Waals surface area contributed by atoms with E-state index < -0.39 is 0 Å². The zero-order chi connectivity index (χ0) is 18.5. The summed E-state index contributed by atoms with van der Waals surface area (Å²) in [6.07, 6.45) is 3.14. The van der Waals surface area contributed by atoms with Gasteiger partial charge in [-0.05, 0) is 31.7 Å². The van der Waals surface area contributed by atoms with Gasteiger partial charge in [-0.1, -0.05) is 36.0 Å². The zero-order valence-corrected chi connectivity index (χ0v) is 16.0. The summed E-state index contributed by atoms with van der Waals surface area (Å²) < 4.78 is 2.13. The predicted molar refractivity (Wildman–Crippen MR) is 102 cm³/mol. The molecule has 1 aliphatic carbocycles. The first-order valence-corrected chi connectivity index (χ1v) is 9.99. The van der Waals surface area contributed by atoms with Crippen LogP contribution in [0.2, 0.25) is 0 Å². The molecule has 1 amide bonds. The van der Waals surface area contributed by atoms with Crippen molar-refractivity contribution in [2.24, 2.45) is 0 Å². The normalized spacial score (nSPS) is 13.6. The molecule has 1 N–H and O–H groups in total. The van der Waals surface area contributed by atoms with E-state index in [0.717, 1.165) is 29.5 Å². The maximum absolute atomic E-state index is 12.5. The van der Waals surface area contributed by atoms with Gasteiger partial charge >= 0.3 is 0 Å². The molecule has 0 radical (unpaired) electrons. The van der Waals surface area contributed by atoms with E-state index in [1.165, 1.54) is 31.5 Å². The van der Waals surface area contributed by atoms with Crippen LogP contribution in [0.1, 0.15) is 54.4 Å². The van der Waals surface area contributed by atoms with Crippen LogP contribution in [0.5, 0.6) is 0 Å². The van der Waals surface area contributed by atoms with Crippen molar-refractivity contribution in [3.05, 3.63) is 41.2 Å².